The van der Waals surface area contributed by atoms with Gasteiger partial charge in [-0.3, -0.25) is 19.7 Å². The lowest BCUT2D eigenvalue weighted by molar-refractivity contribution is -0.384. The summed E-state index contributed by atoms with van der Waals surface area (Å²) in [6.07, 6.45) is 1.98. The zero-order valence-electron chi connectivity index (χ0n) is 19.3. The van der Waals surface area contributed by atoms with Crippen molar-refractivity contribution in [3.63, 3.8) is 0 Å². The van der Waals surface area contributed by atoms with Gasteiger partial charge in [0.15, 0.2) is 17.3 Å². The monoisotopic (exact) mass is 490 g/mol. The molecule has 184 valence electrons. The van der Waals surface area contributed by atoms with Crippen LogP contribution < -0.4 is 20.2 Å². The van der Waals surface area contributed by atoms with Gasteiger partial charge in [-0.1, -0.05) is 0 Å². The molecule has 0 unspecified atom stereocenters. The number of carbonyl (C=O) groups excluding carboxylic acids is 2. The van der Waals surface area contributed by atoms with E-state index >= 15 is 0 Å². The van der Waals surface area contributed by atoms with E-state index in [-0.39, 0.29) is 17.0 Å². The largest absolute Gasteiger partial charge is 0.486 e. The summed E-state index contributed by atoms with van der Waals surface area (Å²) < 4.78 is 17.0. The molecule has 2 heterocycles. The van der Waals surface area contributed by atoms with Crippen LogP contribution in [0.1, 0.15) is 50.6 Å². The lowest BCUT2D eigenvalue weighted by Crippen LogP contribution is -2.22. The van der Waals surface area contributed by atoms with E-state index in [0.717, 1.165) is 6.42 Å². The molecule has 36 heavy (non-hydrogen) atoms. The number of aryl methyl sites for hydroxylation is 1. The van der Waals surface area contributed by atoms with Gasteiger partial charge < -0.3 is 19.2 Å². The molecule has 2 amide bonds. The Hall–Kier alpha value is -4.67. The summed E-state index contributed by atoms with van der Waals surface area (Å²) >= 11 is 0. The molecular formula is C25H22N4O7. The summed E-state index contributed by atoms with van der Waals surface area (Å²) in [4.78, 5) is 35.8. The van der Waals surface area contributed by atoms with Crippen LogP contribution >= 0.6 is 0 Å². The van der Waals surface area contributed by atoms with Crippen molar-refractivity contribution in [2.45, 2.75) is 26.2 Å². The van der Waals surface area contributed by atoms with E-state index in [4.69, 9.17) is 13.9 Å². The van der Waals surface area contributed by atoms with Gasteiger partial charge in [0, 0.05) is 47.0 Å². The molecule has 1 aliphatic heterocycles. The molecule has 2 aliphatic rings. The fourth-order valence-electron chi connectivity index (χ4n) is 4.22. The van der Waals surface area contributed by atoms with E-state index in [2.05, 4.69) is 15.8 Å². The first-order chi connectivity index (χ1) is 17.4. The molecule has 5 rings (SSSR count). The van der Waals surface area contributed by atoms with Crippen LogP contribution in [0, 0.1) is 17.0 Å². The minimum Gasteiger partial charge on any atom is -0.486 e. The Morgan fingerprint density at radius 1 is 1.00 bits per heavy atom. The van der Waals surface area contributed by atoms with Crippen molar-refractivity contribution in [3.05, 3.63) is 80.8 Å². The highest BCUT2D eigenvalue weighted by molar-refractivity contribution is 6.09. The number of benzene rings is 2. The number of nitrogens with one attached hydrogen (secondary N) is 2. The van der Waals surface area contributed by atoms with Crippen molar-refractivity contribution in [2.24, 2.45) is 5.10 Å². The molecule has 1 aliphatic carbocycles. The number of amides is 2. The predicted molar refractivity (Wildman–Crippen MR) is 129 cm³/mol. The van der Waals surface area contributed by atoms with Gasteiger partial charge in [-0.2, -0.15) is 5.10 Å². The first kappa shape index (κ1) is 23.1. The molecule has 11 nitrogen and oxygen atoms in total. The Balaban J connectivity index is 1.33. The average Bonchev–Trinajstić information content (AvgIpc) is 3.24. The van der Waals surface area contributed by atoms with Crippen molar-refractivity contribution in [1.82, 2.24) is 5.43 Å². The molecule has 0 atom stereocenters. The molecule has 3 aromatic rings. The maximum atomic E-state index is 13.0. The number of nitrogens with zero attached hydrogens (tertiary/aromatic N) is 2. The second-order valence-corrected chi connectivity index (χ2v) is 8.32. The van der Waals surface area contributed by atoms with E-state index in [1.165, 1.54) is 24.3 Å². The van der Waals surface area contributed by atoms with Gasteiger partial charge >= 0.3 is 0 Å². The number of hydrogen-bond donors (Lipinski definition) is 2. The number of anilines is 1. The predicted octanol–water partition coefficient (Wildman–Crippen LogP) is 3.99. The van der Waals surface area contributed by atoms with E-state index in [1.807, 2.05) is 0 Å². The highest BCUT2D eigenvalue weighted by atomic mass is 16.6. The standard InChI is InChI=1S/C25H22N4O7/c1-14-22-18(27-28-24(30)15-5-8-17(9-6-15)29(32)33)3-2-4-20(22)36-23(14)25(31)26-16-7-10-19-21(13-16)35-12-11-34-19/h5-10,13H,2-4,11-12H2,1H3,(H,26,31)(H,28,30)/b27-18+. The van der Waals surface area contributed by atoms with Gasteiger partial charge in [0.25, 0.3) is 17.5 Å². The molecule has 0 saturated heterocycles. The Morgan fingerprint density at radius 2 is 1.75 bits per heavy atom. The number of rotatable bonds is 5. The third kappa shape index (κ3) is 4.50. The molecule has 0 bridgehead atoms. The smallest absolute Gasteiger partial charge is 0.291 e. The molecule has 2 N–H and O–H groups in total. The summed E-state index contributed by atoms with van der Waals surface area (Å²) in [5.41, 5.74) is 5.12. The summed E-state index contributed by atoms with van der Waals surface area (Å²) in [7, 11) is 0. The van der Waals surface area contributed by atoms with Crippen molar-refractivity contribution in [2.75, 3.05) is 18.5 Å². The van der Waals surface area contributed by atoms with Gasteiger partial charge in [-0.15, -0.1) is 0 Å². The Kier molecular flexibility index (Phi) is 6.11. The van der Waals surface area contributed by atoms with E-state index in [1.54, 1.807) is 25.1 Å². The molecular weight excluding hydrogens is 468 g/mol. The summed E-state index contributed by atoms with van der Waals surface area (Å²) in [6.45, 7) is 2.70. The molecule has 11 heteroatoms. The minimum atomic E-state index is -0.533. The Bertz CT molecular complexity index is 1390. The van der Waals surface area contributed by atoms with Crippen molar-refractivity contribution in [3.8, 4) is 11.5 Å². The maximum Gasteiger partial charge on any atom is 0.291 e. The summed E-state index contributed by atoms with van der Waals surface area (Å²) in [5.74, 6) is 1.09. The number of furan rings is 1. The fraction of sp³-hybridized carbons (Fsp3) is 0.240. The maximum absolute atomic E-state index is 13.0. The molecule has 1 aromatic heterocycles. The van der Waals surface area contributed by atoms with Gasteiger partial charge in [0.05, 0.1) is 10.6 Å². The number of hydrazone groups is 1. The van der Waals surface area contributed by atoms with Crippen LogP contribution in [-0.4, -0.2) is 35.7 Å². The Morgan fingerprint density at radius 3 is 2.50 bits per heavy atom. The first-order valence-corrected chi connectivity index (χ1v) is 11.4. The van der Waals surface area contributed by atoms with Crippen LogP contribution in [0.2, 0.25) is 0 Å². The summed E-state index contributed by atoms with van der Waals surface area (Å²) in [6, 6.07) is 10.4. The number of hydrogen-bond acceptors (Lipinski definition) is 8. The number of carbonyl (C=O) groups is 2. The number of fused-ring (bicyclic) bond motifs is 2. The van der Waals surface area contributed by atoms with Crippen LogP contribution in [0.4, 0.5) is 11.4 Å². The Labute approximate surface area is 205 Å². The minimum absolute atomic E-state index is 0.106. The SMILES string of the molecule is Cc1c(C(=O)Nc2ccc3c(c2)OCCO3)oc2c1/C(=N/NC(=O)c1ccc([N+](=O)[O-])cc1)CCC2. The number of nitro benzene ring substituents is 1. The van der Waals surface area contributed by atoms with Gasteiger partial charge in [-0.05, 0) is 44.0 Å². The van der Waals surface area contributed by atoms with Gasteiger partial charge in [0.2, 0.25) is 0 Å². The van der Waals surface area contributed by atoms with Crippen LogP contribution in [0.25, 0.3) is 0 Å². The third-order valence-electron chi connectivity index (χ3n) is 5.96. The van der Waals surface area contributed by atoms with Crippen molar-refractivity contribution >= 4 is 28.9 Å². The second kappa shape index (κ2) is 9.53. The lowest BCUT2D eigenvalue weighted by Gasteiger charge is -2.18. The summed E-state index contributed by atoms with van der Waals surface area (Å²) in [5, 5.41) is 17.9. The molecule has 0 fully saturated rings. The fourth-order valence-corrected chi connectivity index (χ4v) is 4.22. The van der Waals surface area contributed by atoms with Crippen molar-refractivity contribution < 1.29 is 28.4 Å². The second-order valence-electron chi connectivity index (χ2n) is 8.32. The molecule has 2 aromatic carbocycles. The number of nitro groups is 1. The zero-order valence-corrected chi connectivity index (χ0v) is 19.3. The quantitative estimate of drug-likeness (QED) is 0.406. The van der Waals surface area contributed by atoms with Crippen LogP contribution in [0.5, 0.6) is 11.5 Å². The van der Waals surface area contributed by atoms with Crippen LogP contribution in [-0.2, 0) is 6.42 Å². The van der Waals surface area contributed by atoms with Gasteiger partial charge in [0.1, 0.15) is 19.0 Å². The highest BCUT2D eigenvalue weighted by Crippen LogP contribution is 2.34. The molecule has 0 spiro atoms. The molecule has 0 radical (unpaired) electrons. The van der Waals surface area contributed by atoms with Crippen LogP contribution in [0.3, 0.4) is 0 Å². The first-order valence-electron chi connectivity index (χ1n) is 11.4. The lowest BCUT2D eigenvalue weighted by atomic mass is 9.93. The van der Waals surface area contributed by atoms with E-state index in [9.17, 15) is 19.7 Å². The van der Waals surface area contributed by atoms with Crippen molar-refractivity contribution in [1.29, 1.82) is 0 Å². The van der Waals surface area contributed by atoms with Gasteiger partial charge in [-0.25, -0.2) is 5.43 Å². The van der Waals surface area contributed by atoms with E-state index in [0.29, 0.717) is 65.8 Å². The highest BCUT2D eigenvalue weighted by Gasteiger charge is 2.28. The number of non-ortho nitro benzene ring substituents is 1. The number of ether oxygens (including phenoxy) is 2. The molecule has 0 saturated carbocycles. The average molecular weight is 490 g/mol. The topological polar surface area (TPSA) is 145 Å². The third-order valence-corrected chi connectivity index (χ3v) is 5.96. The normalized spacial score (nSPS) is 15.2. The zero-order chi connectivity index (χ0) is 25.2. The van der Waals surface area contributed by atoms with Crippen LogP contribution in [0.15, 0.2) is 52.0 Å². The van der Waals surface area contributed by atoms with E-state index < -0.39 is 16.7 Å².